The summed E-state index contributed by atoms with van der Waals surface area (Å²) in [6.45, 7) is 6.55. The van der Waals surface area contributed by atoms with Crippen molar-refractivity contribution in [3.8, 4) is 0 Å². The van der Waals surface area contributed by atoms with E-state index in [1.807, 2.05) is 0 Å². The Hall–Kier alpha value is -4.38. The molecule has 0 saturated carbocycles. The van der Waals surface area contributed by atoms with Gasteiger partial charge in [0.05, 0.1) is 25.3 Å². The van der Waals surface area contributed by atoms with Gasteiger partial charge in [-0.25, -0.2) is 0 Å². The van der Waals surface area contributed by atoms with E-state index < -0.39 is 78.0 Å². The molecule has 4 amide bonds. The molecule has 4 rings (SSSR count). The maximum atomic E-state index is 14.8. The van der Waals surface area contributed by atoms with Crippen LogP contribution in [0.25, 0.3) is 0 Å². The van der Waals surface area contributed by atoms with E-state index in [4.69, 9.17) is 4.74 Å². The highest BCUT2D eigenvalue weighted by molar-refractivity contribution is 6.04. The first-order valence-corrected chi connectivity index (χ1v) is 16.5. The quantitative estimate of drug-likeness (QED) is 0.327. The summed E-state index contributed by atoms with van der Waals surface area (Å²) in [6.07, 6.45) is -7.08. The minimum atomic E-state index is -6.76. The molecule has 2 aromatic rings. The summed E-state index contributed by atoms with van der Waals surface area (Å²) in [5.41, 5.74) is 1.28. The van der Waals surface area contributed by atoms with Gasteiger partial charge in [0.15, 0.2) is 0 Å². The SMILES string of the molecule is CC(C)C(C(=O)C(F)(F)C(F)(F)C(F)(F)F)N1Cc2ccccc2CC1C(=O)NC(=O)[C@@H](NC(=O)c1ccc(C(=O)N2CCOCC2)cc1)C(C)C. The standard InChI is InChI=1S/C35H39F7N4O6/c1-19(2)26(43-29(48)21-9-11-22(12-10-21)32(51)45-13-15-52-16-14-45)31(50)44-30(49)25-17-23-7-5-6-8-24(23)18-46(25)27(20(3)4)28(47)33(36,37)34(38,39)35(40,41)42/h5-12,19-20,25-27H,13-18H2,1-4H3,(H,43,48)(H,44,49,50)/t25?,26-,27?/m0/s1. The number of hydrogen-bond donors (Lipinski definition) is 2. The Bertz CT molecular complexity index is 1660. The van der Waals surface area contributed by atoms with Gasteiger partial charge in [0.1, 0.15) is 6.04 Å². The van der Waals surface area contributed by atoms with E-state index >= 15 is 0 Å². The largest absolute Gasteiger partial charge is 0.460 e. The highest BCUT2D eigenvalue weighted by Gasteiger charge is 2.77. The molecule has 2 N–H and O–H groups in total. The molecular weight excluding hydrogens is 705 g/mol. The molecule has 0 aliphatic carbocycles. The second kappa shape index (κ2) is 15.7. The van der Waals surface area contributed by atoms with Gasteiger partial charge in [-0.1, -0.05) is 52.0 Å². The molecule has 2 unspecified atom stereocenters. The van der Waals surface area contributed by atoms with Crippen LogP contribution in [0, 0.1) is 11.8 Å². The molecule has 17 heteroatoms. The van der Waals surface area contributed by atoms with Gasteiger partial charge in [0.25, 0.3) is 11.8 Å². The zero-order valence-corrected chi connectivity index (χ0v) is 28.7. The monoisotopic (exact) mass is 744 g/mol. The van der Waals surface area contributed by atoms with Crippen LogP contribution >= 0.6 is 0 Å². The summed E-state index contributed by atoms with van der Waals surface area (Å²) in [7, 11) is 0. The van der Waals surface area contributed by atoms with E-state index in [-0.39, 0.29) is 17.9 Å². The van der Waals surface area contributed by atoms with Gasteiger partial charge in [-0.05, 0) is 53.6 Å². The fourth-order valence-corrected chi connectivity index (χ4v) is 6.19. The lowest BCUT2D eigenvalue weighted by Gasteiger charge is -2.43. The molecule has 2 aliphatic rings. The van der Waals surface area contributed by atoms with Crippen LogP contribution < -0.4 is 10.6 Å². The zero-order chi connectivity index (χ0) is 38.8. The van der Waals surface area contributed by atoms with E-state index in [1.54, 1.807) is 36.9 Å². The number of carbonyl (C=O) groups excluding carboxylic acids is 5. The summed E-state index contributed by atoms with van der Waals surface area (Å²) in [4.78, 5) is 68.6. The number of Topliss-reactive ketones (excluding diaryl/α,β-unsaturated/α-hetero) is 1. The molecule has 52 heavy (non-hydrogen) atoms. The van der Waals surface area contributed by atoms with Crippen LogP contribution in [0.15, 0.2) is 48.5 Å². The van der Waals surface area contributed by atoms with Crippen LogP contribution in [0.4, 0.5) is 30.7 Å². The smallest absolute Gasteiger partial charge is 0.378 e. The molecule has 1 saturated heterocycles. The summed E-state index contributed by atoms with van der Waals surface area (Å²) in [5.74, 6) is -20.8. The van der Waals surface area contributed by atoms with Crippen molar-refractivity contribution in [2.24, 2.45) is 11.8 Å². The number of rotatable bonds is 11. The lowest BCUT2D eigenvalue weighted by molar-refractivity contribution is -0.344. The van der Waals surface area contributed by atoms with E-state index in [9.17, 15) is 54.7 Å². The molecule has 0 bridgehead atoms. The van der Waals surface area contributed by atoms with Gasteiger partial charge in [-0.15, -0.1) is 0 Å². The Morgan fingerprint density at radius 2 is 1.35 bits per heavy atom. The number of alkyl halides is 7. The number of halogens is 7. The Labute approximate surface area is 295 Å². The van der Waals surface area contributed by atoms with Gasteiger partial charge >= 0.3 is 18.0 Å². The Morgan fingerprint density at radius 3 is 1.88 bits per heavy atom. The van der Waals surface area contributed by atoms with Crippen molar-refractivity contribution in [3.63, 3.8) is 0 Å². The molecule has 2 heterocycles. The first kappa shape index (κ1) is 40.4. The van der Waals surface area contributed by atoms with E-state index in [2.05, 4.69) is 10.6 Å². The predicted octanol–water partition coefficient (Wildman–Crippen LogP) is 4.41. The van der Waals surface area contributed by atoms with Crippen LogP contribution in [0.1, 0.15) is 59.5 Å². The van der Waals surface area contributed by atoms with Crippen molar-refractivity contribution in [1.82, 2.24) is 20.4 Å². The summed E-state index contributed by atoms with van der Waals surface area (Å²) in [5, 5.41) is 4.63. The van der Waals surface area contributed by atoms with E-state index in [1.165, 1.54) is 30.3 Å². The highest BCUT2D eigenvalue weighted by Crippen LogP contribution is 2.48. The van der Waals surface area contributed by atoms with E-state index in [0.717, 1.165) is 18.7 Å². The van der Waals surface area contributed by atoms with Gasteiger partial charge < -0.3 is 15.0 Å². The number of hydrogen-bond acceptors (Lipinski definition) is 7. The number of imide groups is 1. The third kappa shape index (κ3) is 8.30. The second-order valence-corrected chi connectivity index (χ2v) is 13.4. The molecule has 0 spiro atoms. The van der Waals surface area contributed by atoms with Crippen LogP contribution in [0.2, 0.25) is 0 Å². The average molecular weight is 745 g/mol. The van der Waals surface area contributed by atoms with E-state index in [0.29, 0.717) is 43.0 Å². The molecule has 10 nitrogen and oxygen atoms in total. The zero-order valence-electron chi connectivity index (χ0n) is 28.7. The normalized spacial score (nSPS) is 18.4. The number of nitrogens with one attached hydrogen (secondary N) is 2. The van der Waals surface area contributed by atoms with Crippen molar-refractivity contribution in [1.29, 1.82) is 0 Å². The predicted molar refractivity (Wildman–Crippen MR) is 171 cm³/mol. The van der Waals surface area contributed by atoms with Gasteiger partial charge in [-0.3, -0.25) is 34.2 Å². The molecular formula is C35H39F7N4O6. The average Bonchev–Trinajstić information content (AvgIpc) is 3.09. The number of morpholine rings is 1. The molecule has 0 aromatic heterocycles. The Kier molecular flexibility index (Phi) is 12.2. The van der Waals surface area contributed by atoms with Gasteiger partial charge in [-0.2, -0.15) is 30.7 Å². The van der Waals surface area contributed by atoms with Crippen molar-refractivity contribution in [2.45, 2.75) is 76.8 Å². The van der Waals surface area contributed by atoms with Crippen LogP contribution in [0.5, 0.6) is 0 Å². The molecule has 284 valence electrons. The van der Waals surface area contributed by atoms with Crippen molar-refractivity contribution in [3.05, 3.63) is 70.8 Å². The first-order valence-electron chi connectivity index (χ1n) is 16.5. The van der Waals surface area contributed by atoms with Gasteiger partial charge in [0.2, 0.25) is 17.6 Å². The highest BCUT2D eigenvalue weighted by atomic mass is 19.4. The number of ether oxygens (including phenoxy) is 1. The third-order valence-corrected chi connectivity index (χ3v) is 9.08. The summed E-state index contributed by atoms with van der Waals surface area (Å²) < 4.78 is 102. The molecule has 2 aliphatic heterocycles. The van der Waals surface area contributed by atoms with Crippen molar-refractivity contribution in [2.75, 3.05) is 26.3 Å². The van der Waals surface area contributed by atoms with Gasteiger partial charge in [0, 0.05) is 30.8 Å². The topological polar surface area (TPSA) is 125 Å². The summed E-state index contributed by atoms with van der Waals surface area (Å²) >= 11 is 0. The van der Waals surface area contributed by atoms with Crippen molar-refractivity contribution >= 4 is 29.4 Å². The Morgan fingerprint density at radius 1 is 0.788 bits per heavy atom. The number of amides is 4. The number of fused-ring (bicyclic) bond motifs is 1. The minimum absolute atomic E-state index is 0.0771. The minimum Gasteiger partial charge on any atom is -0.378 e. The maximum absolute atomic E-state index is 14.8. The van der Waals surface area contributed by atoms with Crippen LogP contribution in [-0.2, 0) is 32.1 Å². The molecule has 1 fully saturated rings. The fraction of sp³-hybridized carbons (Fsp3) is 0.514. The molecule has 0 radical (unpaired) electrons. The number of carbonyl (C=O) groups is 5. The molecule has 3 atom stereocenters. The van der Waals surface area contributed by atoms with Crippen LogP contribution in [-0.4, -0.2) is 102 Å². The lowest BCUT2D eigenvalue weighted by atomic mass is 9.85. The number of ketones is 1. The third-order valence-electron chi connectivity index (χ3n) is 9.08. The number of nitrogens with zero attached hydrogens (tertiary/aromatic N) is 2. The van der Waals surface area contributed by atoms with Crippen molar-refractivity contribution < 1.29 is 59.4 Å². The van der Waals surface area contributed by atoms with Crippen LogP contribution in [0.3, 0.4) is 0 Å². The first-order chi connectivity index (χ1) is 24.2. The maximum Gasteiger partial charge on any atom is 0.460 e. The molecule has 2 aromatic carbocycles. The lowest BCUT2D eigenvalue weighted by Crippen LogP contribution is -2.65. The second-order valence-electron chi connectivity index (χ2n) is 13.4. The fourth-order valence-electron chi connectivity index (χ4n) is 6.19. The Balaban J connectivity index is 1.56. The summed E-state index contributed by atoms with van der Waals surface area (Å²) in [6, 6.07) is 6.54. The number of benzene rings is 2.